The second kappa shape index (κ2) is 3.52. The van der Waals surface area contributed by atoms with E-state index in [2.05, 4.69) is 25.8 Å². The minimum Gasteiger partial charge on any atom is -0.445 e. The van der Waals surface area contributed by atoms with E-state index in [1.807, 2.05) is 18.7 Å². The van der Waals surface area contributed by atoms with Crippen LogP contribution in [0.5, 0.6) is 0 Å². The number of aromatic nitrogens is 1. The highest BCUT2D eigenvalue weighted by molar-refractivity contribution is 7.99. The van der Waals surface area contributed by atoms with Crippen LogP contribution in [0, 0.1) is 6.92 Å². The van der Waals surface area contributed by atoms with Gasteiger partial charge in [-0.15, -0.1) is 11.8 Å². The Bertz CT molecular complexity index is 249. The summed E-state index contributed by atoms with van der Waals surface area (Å²) in [5, 5.41) is 0. The third kappa shape index (κ3) is 3.30. The predicted molar refractivity (Wildman–Crippen MR) is 52.3 cm³/mol. The highest BCUT2D eigenvalue weighted by atomic mass is 32.2. The van der Waals surface area contributed by atoms with E-state index in [1.165, 1.54) is 0 Å². The third-order valence-electron chi connectivity index (χ3n) is 1.30. The lowest BCUT2D eigenvalue weighted by molar-refractivity contribution is 0.490. The number of hydrogen-bond donors (Lipinski definition) is 0. The van der Waals surface area contributed by atoms with Crippen LogP contribution in [0.25, 0.3) is 0 Å². The summed E-state index contributed by atoms with van der Waals surface area (Å²) in [6.07, 6.45) is 1.76. The van der Waals surface area contributed by atoms with Gasteiger partial charge in [0.15, 0.2) is 0 Å². The van der Waals surface area contributed by atoms with Crippen molar-refractivity contribution in [2.75, 3.05) is 0 Å². The molecule has 0 saturated carbocycles. The van der Waals surface area contributed by atoms with Crippen LogP contribution >= 0.6 is 11.8 Å². The van der Waals surface area contributed by atoms with E-state index in [0.29, 0.717) is 0 Å². The van der Waals surface area contributed by atoms with Gasteiger partial charge in [-0.25, -0.2) is 4.98 Å². The van der Waals surface area contributed by atoms with Crippen LogP contribution < -0.4 is 0 Å². The van der Waals surface area contributed by atoms with Crippen molar-refractivity contribution in [3.63, 3.8) is 0 Å². The fraction of sp³-hybridized carbons (Fsp3) is 0.667. The summed E-state index contributed by atoms with van der Waals surface area (Å²) in [7, 11) is 0. The summed E-state index contributed by atoms with van der Waals surface area (Å²) >= 11 is 1.84. The highest BCUT2D eigenvalue weighted by Gasteiger charge is 2.12. The molecule has 0 amide bonds. The normalized spacial score (nSPS) is 12.0. The van der Waals surface area contributed by atoms with E-state index in [1.54, 1.807) is 6.20 Å². The maximum Gasteiger partial charge on any atom is 0.204 e. The average Bonchev–Trinajstić information content (AvgIpc) is 2.30. The zero-order valence-corrected chi connectivity index (χ0v) is 8.86. The van der Waals surface area contributed by atoms with Crippen LogP contribution in [0.15, 0.2) is 10.6 Å². The first kappa shape index (κ1) is 9.65. The van der Waals surface area contributed by atoms with Crippen LogP contribution in [0.1, 0.15) is 32.4 Å². The van der Waals surface area contributed by atoms with E-state index < -0.39 is 0 Å². The molecule has 0 atom stereocenters. The first-order chi connectivity index (χ1) is 5.47. The summed E-state index contributed by atoms with van der Waals surface area (Å²) in [6.45, 7) is 8.48. The fourth-order valence-corrected chi connectivity index (χ4v) is 1.44. The molecular formula is C9H15NOS. The van der Waals surface area contributed by atoms with Gasteiger partial charge in [0.1, 0.15) is 5.76 Å². The third-order valence-corrected chi connectivity index (χ3v) is 2.56. The maximum atomic E-state index is 5.35. The van der Waals surface area contributed by atoms with Crippen LogP contribution in [0.3, 0.4) is 0 Å². The second-order valence-electron chi connectivity index (χ2n) is 3.77. The van der Waals surface area contributed by atoms with Gasteiger partial charge < -0.3 is 4.42 Å². The van der Waals surface area contributed by atoms with E-state index in [-0.39, 0.29) is 4.75 Å². The molecule has 0 radical (unpaired) electrons. The molecule has 0 N–H and O–H groups in total. The maximum absolute atomic E-state index is 5.35. The molecule has 12 heavy (non-hydrogen) atoms. The molecule has 1 aromatic heterocycles. The number of nitrogens with zero attached hydrogens (tertiary/aromatic N) is 1. The summed E-state index contributed by atoms with van der Waals surface area (Å²) < 4.78 is 5.63. The molecule has 0 aliphatic carbocycles. The van der Waals surface area contributed by atoms with Gasteiger partial charge >= 0.3 is 0 Å². The number of thioether (sulfide) groups is 1. The molecule has 0 unspecified atom stereocenters. The minimum absolute atomic E-state index is 0.280. The van der Waals surface area contributed by atoms with Crippen molar-refractivity contribution >= 4 is 11.8 Å². The molecule has 0 spiro atoms. The van der Waals surface area contributed by atoms with Gasteiger partial charge in [-0.2, -0.15) is 0 Å². The zero-order chi connectivity index (χ0) is 9.19. The average molecular weight is 185 g/mol. The van der Waals surface area contributed by atoms with Crippen molar-refractivity contribution in [3.8, 4) is 0 Å². The number of hydrogen-bond acceptors (Lipinski definition) is 3. The molecule has 0 aliphatic heterocycles. The lowest BCUT2D eigenvalue weighted by Gasteiger charge is -2.15. The largest absolute Gasteiger partial charge is 0.445 e. The van der Waals surface area contributed by atoms with E-state index in [9.17, 15) is 0 Å². The molecule has 2 nitrogen and oxygen atoms in total. The predicted octanol–water partition coefficient (Wildman–Crippen LogP) is 3.01. The minimum atomic E-state index is 0.280. The van der Waals surface area contributed by atoms with Crippen molar-refractivity contribution in [1.82, 2.24) is 4.98 Å². The lowest BCUT2D eigenvalue weighted by atomic mass is 10.3. The Kier molecular flexibility index (Phi) is 2.83. The van der Waals surface area contributed by atoms with Gasteiger partial charge in [0.2, 0.25) is 5.89 Å². The molecule has 0 saturated heterocycles. The van der Waals surface area contributed by atoms with E-state index >= 15 is 0 Å². The fourth-order valence-electron chi connectivity index (χ4n) is 0.746. The van der Waals surface area contributed by atoms with Gasteiger partial charge in [-0.05, 0) is 6.92 Å². The standard InChI is InChI=1S/C9H15NOS/c1-7-5-10-8(11-7)6-12-9(2,3)4/h5H,6H2,1-4H3. The summed E-state index contributed by atoms with van der Waals surface area (Å²) in [4.78, 5) is 4.13. The Labute approximate surface area is 77.8 Å². The molecule has 0 aliphatic rings. The molecule has 68 valence electrons. The van der Waals surface area contributed by atoms with Crippen molar-refractivity contribution in [2.45, 2.75) is 38.2 Å². The Balaban J connectivity index is 2.44. The Hall–Kier alpha value is -0.440. The second-order valence-corrected chi connectivity index (χ2v) is 5.57. The van der Waals surface area contributed by atoms with Gasteiger partial charge in [0.05, 0.1) is 11.9 Å². The first-order valence-corrected chi connectivity index (χ1v) is 5.01. The van der Waals surface area contributed by atoms with Gasteiger partial charge in [0.25, 0.3) is 0 Å². The van der Waals surface area contributed by atoms with Crippen LogP contribution in [0.2, 0.25) is 0 Å². The zero-order valence-electron chi connectivity index (χ0n) is 8.05. The van der Waals surface area contributed by atoms with E-state index in [4.69, 9.17) is 4.42 Å². The van der Waals surface area contributed by atoms with Gasteiger partial charge in [-0.3, -0.25) is 0 Å². The summed E-state index contributed by atoms with van der Waals surface area (Å²) in [5.74, 6) is 2.57. The molecule has 1 aromatic rings. The quantitative estimate of drug-likeness (QED) is 0.708. The van der Waals surface area contributed by atoms with Gasteiger partial charge in [-0.1, -0.05) is 20.8 Å². The number of rotatable bonds is 2. The molecule has 0 aromatic carbocycles. The van der Waals surface area contributed by atoms with E-state index in [0.717, 1.165) is 17.4 Å². The smallest absolute Gasteiger partial charge is 0.204 e. The lowest BCUT2D eigenvalue weighted by Crippen LogP contribution is -2.07. The Morgan fingerprint density at radius 3 is 2.58 bits per heavy atom. The van der Waals surface area contributed by atoms with Crippen LogP contribution in [0.4, 0.5) is 0 Å². The monoisotopic (exact) mass is 185 g/mol. The van der Waals surface area contributed by atoms with Crippen molar-refractivity contribution in [3.05, 3.63) is 17.8 Å². The van der Waals surface area contributed by atoms with Crippen molar-refractivity contribution < 1.29 is 4.42 Å². The summed E-state index contributed by atoms with van der Waals surface area (Å²) in [5.41, 5.74) is 0. The van der Waals surface area contributed by atoms with Crippen molar-refractivity contribution in [1.29, 1.82) is 0 Å². The Morgan fingerprint density at radius 1 is 1.50 bits per heavy atom. The molecule has 0 fully saturated rings. The molecule has 0 bridgehead atoms. The molecule has 1 rings (SSSR count). The molecular weight excluding hydrogens is 170 g/mol. The summed E-state index contributed by atoms with van der Waals surface area (Å²) in [6, 6.07) is 0. The number of aryl methyl sites for hydroxylation is 1. The van der Waals surface area contributed by atoms with Crippen LogP contribution in [-0.4, -0.2) is 9.73 Å². The first-order valence-electron chi connectivity index (χ1n) is 4.03. The SMILES string of the molecule is Cc1cnc(CSC(C)(C)C)o1. The molecule has 1 heterocycles. The topological polar surface area (TPSA) is 26.0 Å². The molecule has 3 heteroatoms. The number of oxazole rings is 1. The highest BCUT2D eigenvalue weighted by Crippen LogP contribution is 2.26. The van der Waals surface area contributed by atoms with Gasteiger partial charge in [0, 0.05) is 4.75 Å². The van der Waals surface area contributed by atoms with Crippen molar-refractivity contribution in [2.24, 2.45) is 0 Å². The van der Waals surface area contributed by atoms with Crippen LogP contribution in [-0.2, 0) is 5.75 Å². The Morgan fingerprint density at radius 2 is 2.17 bits per heavy atom.